The minimum absolute atomic E-state index is 0.0884. The Morgan fingerprint density at radius 3 is 1.31 bits per heavy atom. The van der Waals surface area contributed by atoms with E-state index < -0.39 is 0 Å². The van der Waals surface area contributed by atoms with E-state index in [1.807, 2.05) is 22.7 Å². The van der Waals surface area contributed by atoms with Crippen LogP contribution in [0.4, 0.5) is 0 Å². The summed E-state index contributed by atoms with van der Waals surface area (Å²) in [5, 5.41) is 9.90. The monoisotopic (exact) mass is 821 g/mol. The van der Waals surface area contributed by atoms with Gasteiger partial charge in [-0.15, -0.1) is 22.7 Å². The first-order valence-corrected chi connectivity index (χ1v) is 22.8. The summed E-state index contributed by atoms with van der Waals surface area (Å²) < 4.78 is 7.71. The van der Waals surface area contributed by atoms with Crippen LogP contribution in [-0.2, 0) is 10.8 Å². The molecule has 0 spiro atoms. The molecule has 294 valence electrons. The minimum Gasteiger partial charge on any atom is -0.308 e. The smallest absolute Gasteiger partial charge is 0.0722 e. The molecule has 5 heteroatoms. The molecule has 5 heterocycles. The van der Waals surface area contributed by atoms with Gasteiger partial charge in [0.1, 0.15) is 0 Å². The maximum Gasteiger partial charge on any atom is 0.0722 e. The minimum atomic E-state index is -0.0884. The van der Waals surface area contributed by atoms with Crippen molar-refractivity contribution >= 4 is 107 Å². The van der Waals surface area contributed by atoms with Gasteiger partial charge in [0.25, 0.3) is 0 Å². The molecule has 0 bridgehead atoms. The number of fused-ring (bicyclic) bond motifs is 13. The first-order valence-electron chi connectivity index (χ1n) is 21.1. The summed E-state index contributed by atoms with van der Waals surface area (Å²) in [4.78, 5) is 10.3. The third-order valence-corrected chi connectivity index (χ3v) is 15.2. The Morgan fingerprint density at radius 2 is 0.852 bits per heavy atom. The van der Waals surface area contributed by atoms with E-state index in [9.17, 15) is 0 Å². The Balaban J connectivity index is 1.19. The molecule has 0 atom stereocenters. The van der Waals surface area contributed by atoms with Gasteiger partial charge in [0, 0.05) is 91.1 Å². The average molecular weight is 822 g/mol. The fourth-order valence-electron chi connectivity index (χ4n) is 9.47. The fourth-order valence-corrected chi connectivity index (χ4v) is 11.9. The molecule has 0 amide bonds. The second-order valence-electron chi connectivity index (χ2n) is 18.7. The Labute approximate surface area is 362 Å². The summed E-state index contributed by atoms with van der Waals surface area (Å²) >= 11 is 3.72. The summed E-state index contributed by atoms with van der Waals surface area (Å²) in [6.45, 7) is 14.0. The number of hydrogen-bond acceptors (Lipinski definition) is 4. The molecular weight excluding hydrogens is 779 g/mol. The standard InChI is InChI=1S/C56H43N3S2/c1-55(2,3)34-26-41(32-20-22-39-47(24-32)57-30-45-37-16-10-12-18-49(37)60-53(39)45)51-43(28-34)44-29-35(56(4,5)6)27-42(52(44)59(51)36-14-8-7-9-15-36)33-21-23-40-48(25-33)58-31-46-38-17-11-13-19-50(38)61-54(40)46/h7-31H,1-6H3. The van der Waals surface area contributed by atoms with E-state index in [2.05, 4.69) is 198 Å². The highest BCUT2D eigenvalue weighted by atomic mass is 32.1. The van der Waals surface area contributed by atoms with Crippen molar-refractivity contribution in [2.75, 3.05) is 0 Å². The van der Waals surface area contributed by atoms with E-state index in [4.69, 9.17) is 9.97 Å². The Bertz CT molecular complexity index is 3550. The van der Waals surface area contributed by atoms with Crippen molar-refractivity contribution in [2.45, 2.75) is 52.4 Å². The number of rotatable bonds is 3. The molecule has 5 aromatic heterocycles. The highest BCUT2D eigenvalue weighted by molar-refractivity contribution is 7.27. The van der Waals surface area contributed by atoms with Crippen molar-refractivity contribution in [3.63, 3.8) is 0 Å². The van der Waals surface area contributed by atoms with Crippen LogP contribution in [-0.4, -0.2) is 14.5 Å². The van der Waals surface area contributed by atoms with Crippen molar-refractivity contribution in [3.05, 3.63) is 163 Å². The van der Waals surface area contributed by atoms with Crippen LogP contribution in [0, 0.1) is 0 Å². The van der Waals surface area contributed by atoms with Gasteiger partial charge in [0.2, 0.25) is 0 Å². The van der Waals surface area contributed by atoms with Crippen molar-refractivity contribution in [1.29, 1.82) is 0 Å². The summed E-state index contributed by atoms with van der Waals surface area (Å²) in [5.74, 6) is 0. The lowest BCUT2D eigenvalue weighted by molar-refractivity contribution is 0.590. The van der Waals surface area contributed by atoms with Gasteiger partial charge < -0.3 is 4.57 Å². The molecule has 0 radical (unpaired) electrons. The van der Waals surface area contributed by atoms with Gasteiger partial charge in [-0.1, -0.05) is 120 Å². The van der Waals surface area contributed by atoms with Crippen LogP contribution in [0.25, 0.3) is 112 Å². The van der Waals surface area contributed by atoms with Gasteiger partial charge in [0.05, 0.1) is 22.1 Å². The van der Waals surface area contributed by atoms with Crippen LogP contribution in [0.3, 0.4) is 0 Å². The van der Waals surface area contributed by atoms with Crippen molar-refractivity contribution < 1.29 is 0 Å². The van der Waals surface area contributed by atoms with E-state index in [0.29, 0.717) is 0 Å². The van der Waals surface area contributed by atoms with Crippen LogP contribution >= 0.6 is 22.7 Å². The fraction of sp³-hybridized carbons (Fsp3) is 0.143. The van der Waals surface area contributed by atoms with E-state index in [1.165, 1.54) is 95.2 Å². The molecule has 12 rings (SSSR count). The van der Waals surface area contributed by atoms with Gasteiger partial charge in [-0.05, 0) is 93.7 Å². The van der Waals surface area contributed by atoms with Crippen LogP contribution in [0.2, 0.25) is 0 Å². The summed E-state index contributed by atoms with van der Waals surface area (Å²) in [6, 6.07) is 52.0. The van der Waals surface area contributed by atoms with E-state index in [1.54, 1.807) is 0 Å². The topological polar surface area (TPSA) is 30.7 Å². The SMILES string of the molecule is CC(C)(C)c1cc(-c2ccc3c(c2)ncc2c4ccccc4sc32)c2c(c1)c1cc(C(C)(C)C)cc(-c3ccc4c(c3)ncc3c5ccccc5sc43)c1n2-c1ccccc1. The first-order chi connectivity index (χ1) is 29.5. The van der Waals surface area contributed by atoms with Crippen LogP contribution in [0.5, 0.6) is 0 Å². The second kappa shape index (κ2) is 13.1. The lowest BCUT2D eigenvalue weighted by atomic mass is 9.82. The molecule has 3 nitrogen and oxygen atoms in total. The largest absolute Gasteiger partial charge is 0.308 e. The van der Waals surface area contributed by atoms with Gasteiger partial charge in [-0.25, -0.2) is 0 Å². The molecule has 0 saturated heterocycles. The zero-order valence-corrected chi connectivity index (χ0v) is 36.7. The zero-order valence-electron chi connectivity index (χ0n) is 35.1. The van der Waals surface area contributed by atoms with Crippen molar-refractivity contribution in [3.8, 4) is 27.9 Å². The van der Waals surface area contributed by atoms with Gasteiger partial charge in [-0.3, -0.25) is 9.97 Å². The average Bonchev–Trinajstić information content (AvgIpc) is 3.95. The van der Waals surface area contributed by atoms with Gasteiger partial charge >= 0.3 is 0 Å². The van der Waals surface area contributed by atoms with Gasteiger partial charge in [-0.2, -0.15) is 0 Å². The number of nitrogens with zero attached hydrogens (tertiary/aromatic N) is 3. The van der Waals surface area contributed by atoms with Crippen molar-refractivity contribution in [2.24, 2.45) is 0 Å². The number of thiophene rings is 2. The number of benzene rings is 7. The number of hydrogen-bond donors (Lipinski definition) is 0. The molecule has 0 saturated carbocycles. The molecule has 12 aromatic rings. The molecule has 7 aromatic carbocycles. The van der Waals surface area contributed by atoms with Crippen LogP contribution in [0.1, 0.15) is 52.7 Å². The Hall–Kier alpha value is -6.40. The maximum atomic E-state index is 5.14. The molecule has 0 aliphatic carbocycles. The predicted octanol–water partition coefficient (Wildman–Crippen LogP) is 16.5. The molecule has 0 fully saturated rings. The molecule has 0 unspecified atom stereocenters. The Kier molecular flexibility index (Phi) is 7.80. The van der Waals surface area contributed by atoms with E-state index in [0.717, 1.165) is 27.8 Å². The number of pyridine rings is 2. The third kappa shape index (κ3) is 5.60. The predicted molar refractivity (Wildman–Crippen MR) is 265 cm³/mol. The summed E-state index contributed by atoms with van der Waals surface area (Å²) in [7, 11) is 0. The Morgan fingerprint density at radius 1 is 0.410 bits per heavy atom. The zero-order chi connectivity index (χ0) is 41.4. The lowest BCUT2D eigenvalue weighted by Gasteiger charge is -2.22. The molecule has 61 heavy (non-hydrogen) atoms. The number of aromatic nitrogens is 3. The van der Waals surface area contributed by atoms with E-state index >= 15 is 0 Å². The summed E-state index contributed by atoms with van der Waals surface area (Å²) in [6.07, 6.45) is 4.15. The van der Waals surface area contributed by atoms with Crippen molar-refractivity contribution in [1.82, 2.24) is 14.5 Å². The maximum absolute atomic E-state index is 5.14. The number of para-hydroxylation sites is 1. The molecule has 0 N–H and O–H groups in total. The quantitative estimate of drug-likeness (QED) is 0.178. The van der Waals surface area contributed by atoms with Crippen LogP contribution < -0.4 is 0 Å². The normalized spacial score (nSPS) is 12.8. The van der Waals surface area contributed by atoms with E-state index in [-0.39, 0.29) is 10.8 Å². The highest BCUT2D eigenvalue weighted by Crippen LogP contribution is 2.48. The molecule has 0 aliphatic rings. The second-order valence-corrected chi connectivity index (χ2v) is 20.8. The first kappa shape index (κ1) is 36.5. The van der Waals surface area contributed by atoms with Gasteiger partial charge in [0.15, 0.2) is 0 Å². The highest BCUT2D eigenvalue weighted by Gasteiger charge is 2.27. The molecule has 0 aliphatic heterocycles. The summed E-state index contributed by atoms with van der Waals surface area (Å²) in [5.41, 5.74) is 12.7. The molecular formula is C56H43N3S2. The third-order valence-electron chi connectivity index (χ3n) is 12.7. The van der Waals surface area contributed by atoms with Crippen LogP contribution in [0.15, 0.2) is 152 Å². The lowest BCUT2D eigenvalue weighted by Crippen LogP contribution is -2.11.